The summed E-state index contributed by atoms with van der Waals surface area (Å²) in [6.45, 7) is 2.35. The number of thiazole rings is 1. The Kier molecular flexibility index (Phi) is 9.60. The van der Waals surface area contributed by atoms with Crippen molar-refractivity contribution in [3.05, 3.63) is 95.1 Å². The summed E-state index contributed by atoms with van der Waals surface area (Å²) < 4.78 is 13.2. The zero-order valence-corrected chi connectivity index (χ0v) is 25.3. The molecule has 6 nitrogen and oxygen atoms in total. The SMILES string of the molecule is C[C@@H]1[C@H](CSc2nc3ccccc3s2)O[C@H](c2ccc(CNC(=O)C(Cl)(Cl)Cl)cc2)O[C@@H]1c1ccc(CO)cc1. The lowest BCUT2D eigenvalue weighted by atomic mass is 9.91. The van der Waals surface area contributed by atoms with Gasteiger partial charge in [-0.15, -0.1) is 11.3 Å². The van der Waals surface area contributed by atoms with Gasteiger partial charge < -0.3 is 19.9 Å². The zero-order chi connectivity index (χ0) is 28.3. The van der Waals surface area contributed by atoms with Crippen molar-refractivity contribution in [1.29, 1.82) is 0 Å². The summed E-state index contributed by atoms with van der Waals surface area (Å²) in [5, 5.41) is 12.1. The average Bonchev–Trinajstić information content (AvgIpc) is 3.38. The molecule has 0 bridgehead atoms. The van der Waals surface area contributed by atoms with Crippen LogP contribution >= 0.6 is 57.9 Å². The minimum atomic E-state index is -2.01. The molecule has 0 spiro atoms. The Hall–Kier alpha value is -1.88. The molecule has 210 valence electrons. The molecule has 5 rings (SSSR count). The third-order valence-corrected chi connectivity index (χ3v) is 9.51. The van der Waals surface area contributed by atoms with Crippen LogP contribution in [0.2, 0.25) is 0 Å². The number of nitrogens with one attached hydrogen (secondary N) is 1. The molecule has 0 aliphatic carbocycles. The molecule has 4 atom stereocenters. The first-order chi connectivity index (χ1) is 19.2. The third kappa shape index (κ3) is 7.12. The first kappa shape index (κ1) is 29.6. The van der Waals surface area contributed by atoms with E-state index in [1.165, 1.54) is 0 Å². The summed E-state index contributed by atoms with van der Waals surface area (Å²) in [4.78, 5) is 16.6. The van der Waals surface area contributed by atoms with Crippen LogP contribution in [0.3, 0.4) is 0 Å². The largest absolute Gasteiger partial charge is 0.392 e. The quantitative estimate of drug-likeness (QED) is 0.155. The van der Waals surface area contributed by atoms with Crippen LogP contribution in [0.1, 0.15) is 41.6 Å². The van der Waals surface area contributed by atoms with Crippen LogP contribution in [0, 0.1) is 5.92 Å². The van der Waals surface area contributed by atoms with E-state index >= 15 is 0 Å². The molecule has 0 unspecified atom stereocenters. The first-order valence-corrected chi connectivity index (χ1v) is 15.6. The number of ether oxygens (including phenoxy) is 2. The Morgan fingerprint density at radius 3 is 2.35 bits per heavy atom. The van der Waals surface area contributed by atoms with E-state index in [1.54, 1.807) is 23.1 Å². The van der Waals surface area contributed by atoms with Gasteiger partial charge in [-0.2, -0.15) is 0 Å². The van der Waals surface area contributed by atoms with E-state index in [1.807, 2.05) is 66.7 Å². The normalized spacial score (nSPS) is 21.4. The Morgan fingerprint density at radius 1 is 1.00 bits per heavy atom. The molecule has 11 heteroatoms. The van der Waals surface area contributed by atoms with Gasteiger partial charge in [0, 0.05) is 23.8 Å². The van der Waals surface area contributed by atoms with Crippen molar-refractivity contribution in [2.24, 2.45) is 5.92 Å². The Bertz CT molecular complexity index is 1410. The van der Waals surface area contributed by atoms with Crippen molar-refractivity contribution in [2.45, 2.75) is 46.7 Å². The summed E-state index contributed by atoms with van der Waals surface area (Å²) >= 11 is 20.3. The molecule has 1 amide bonds. The van der Waals surface area contributed by atoms with Gasteiger partial charge in [0.1, 0.15) is 0 Å². The molecule has 1 fully saturated rings. The van der Waals surface area contributed by atoms with E-state index < -0.39 is 16.0 Å². The van der Waals surface area contributed by atoms with Gasteiger partial charge in [-0.25, -0.2) is 4.98 Å². The van der Waals surface area contributed by atoms with Crippen LogP contribution in [0.25, 0.3) is 10.2 Å². The molecule has 2 heterocycles. The molecule has 4 aromatic rings. The second kappa shape index (κ2) is 13.0. The maximum absolute atomic E-state index is 11.9. The number of thioether (sulfide) groups is 1. The van der Waals surface area contributed by atoms with Crippen molar-refractivity contribution in [1.82, 2.24) is 10.3 Å². The number of rotatable bonds is 8. The fourth-order valence-corrected chi connectivity index (χ4v) is 6.91. The molecule has 3 aromatic carbocycles. The predicted octanol–water partition coefficient (Wildman–Crippen LogP) is 7.36. The predicted molar refractivity (Wildman–Crippen MR) is 162 cm³/mol. The number of benzene rings is 3. The number of para-hydroxylation sites is 1. The molecule has 1 aliphatic heterocycles. The topological polar surface area (TPSA) is 80.7 Å². The van der Waals surface area contributed by atoms with Crippen LogP contribution in [-0.2, 0) is 27.4 Å². The summed E-state index contributed by atoms with van der Waals surface area (Å²) in [6.07, 6.45) is -0.915. The number of alkyl halides is 3. The van der Waals surface area contributed by atoms with E-state index in [0.29, 0.717) is 5.75 Å². The van der Waals surface area contributed by atoms with Crippen LogP contribution in [0.15, 0.2) is 77.1 Å². The van der Waals surface area contributed by atoms with Gasteiger partial charge >= 0.3 is 0 Å². The standard InChI is InChI=1S/C29H27Cl3N2O4S2/c1-17-23(16-39-28-34-22-4-2-3-5-24(22)40-28)37-26(38-25(17)20-10-8-19(15-35)9-11-20)21-12-6-18(7-13-21)14-33-27(36)29(30,31)32/h2-13,17,23,25-26,35H,14-16H2,1H3,(H,33,36)/t17-,23+,25+,26+/m1/s1. The van der Waals surface area contributed by atoms with E-state index in [4.69, 9.17) is 49.3 Å². The summed E-state index contributed by atoms with van der Waals surface area (Å²) in [5.41, 5.74) is 4.57. The first-order valence-electron chi connectivity index (χ1n) is 12.6. The van der Waals surface area contributed by atoms with Gasteiger partial charge in [0.15, 0.2) is 10.6 Å². The maximum atomic E-state index is 11.9. The second-order valence-electron chi connectivity index (χ2n) is 9.50. The highest BCUT2D eigenvalue weighted by molar-refractivity contribution is 8.01. The number of nitrogens with zero attached hydrogens (tertiary/aromatic N) is 1. The van der Waals surface area contributed by atoms with Gasteiger partial charge in [-0.3, -0.25) is 4.79 Å². The van der Waals surface area contributed by atoms with Crippen molar-refractivity contribution in [3.63, 3.8) is 0 Å². The summed E-state index contributed by atoms with van der Waals surface area (Å²) in [7, 11) is 0. The zero-order valence-electron chi connectivity index (χ0n) is 21.4. The van der Waals surface area contributed by atoms with E-state index in [2.05, 4.69) is 18.3 Å². The minimum absolute atomic E-state index is 0.0109. The van der Waals surface area contributed by atoms with E-state index in [-0.39, 0.29) is 31.3 Å². The highest BCUT2D eigenvalue weighted by Crippen LogP contribution is 2.43. The number of aliphatic hydroxyl groups excluding tert-OH is 1. The highest BCUT2D eigenvalue weighted by atomic mass is 35.6. The van der Waals surface area contributed by atoms with Crippen molar-refractivity contribution in [2.75, 3.05) is 5.75 Å². The lowest BCUT2D eigenvalue weighted by Gasteiger charge is -2.41. The Labute approximate surface area is 255 Å². The molecule has 2 N–H and O–H groups in total. The number of fused-ring (bicyclic) bond motifs is 1. The van der Waals surface area contributed by atoms with Gasteiger partial charge in [-0.1, -0.05) is 114 Å². The molecular weight excluding hydrogens is 611 g/mol. The highest BCUT2D eigenvalue weighted by Gasteiger charge is 2.38. The average molecular weight is 638 g/mol. The second-order valence-corrected chi connectivity index (χ2v) is 14.1. The molecule has 0 saturated carbocycles. The van der Waals surface area contributed by atoms with Crippen molar-refractivity contribution in [3.8, 4) is 0 Å². The summed E-state index contributed by atoms with van der Waals surface area (Å²) in [5.74, 6) is 0.0975. The molecule has 0 radical (unpaired) electrons. The molecule has 40 heavy (non-hydrogen) atoms. The van der Waals surface area contributed by atoms with Crippen LogP contribution < -0.4 is 5.32 Å². The fourth-order valence-electron chi connectivity index (χ4n) is 4.45. The van der Waals surface area contributed by atoms with Crippen molar-refractivity contribution < 1.29 is 19.4 Å². The molecular formula is C29H27Cl3N2O4S2. The lowest BCUT2D eigenvalue weighted by Crippen LogP contribution is -2.38. The van der Waals surface area contributed by atoms with Crippen LogP contribution in [0.5, 0.6) is 0 Å². The molecule has 1 saturated heterocycles. The maximum Gasteiger partial charge on any atom is 0.272 e. The monoisotopic (exact) mass is 636 g/mol. The number of carbonyl (C=O) groups is 1. The number of hydrogen-bond donors (Lipinski definition) is 2. The smallest absolute Gasteiger partial charge is 0.272 e. The van der Waals surface area contributed by atoms with E-state index in [0.717, 1.165) is 36.8 Å². The number of hydrogen-bond acceptors (Lipinski definition) is 7. The third-order valence-electron chi connectivity index (χ3n) is 6.73. The van der Waals surface area contributed by atoms with Gasteiger partial charge in [0.2, 0.25) is 0 Å². The number of aliphatic hydroxyl groups is 1. The van der Waals surface area contributed by atoms with Gasteiger partial charge in [-0.05, 0) is 28.8 Å². The Morgan fingerprint density at radius 2 is 1.68 bits per heavy atom. The lowest BCUT2D eigenvalue weighted by molar-refractivity contribution is -0.268. The Balaban J connectivity index is 1.33. The van der Waals surface area contributed by atoms with Crippen molar-refractivity contribution >= 4 is 74.0 Å². The molecule has 1 aliphatic rings. The van der Waals surface area contributed by atoms with Gasteiger partial charge in [0.05, 0.1) is 29.0 Å². The molecule has 1 aromatic heterocycles. The minimum Gasteiger partial charge on any atom is -0.392 e. The summed E-state index contributed by atoms with van der Waals surface area (Å²) in [6, 6.07) is 23.6. The number of amides is 1. The van der Waals surface area contributed by atoms with Gasteiger partial charge in [0.25, 0.3) is 9.70 Å². The van der Waals surface area contributed by atoms with Crippen LogP contribution in [-0.4, -0.2) is 31.6 Å². The number of carbonyl (C=O) groups excluding carboxylic acids is 1. The fraction of sp³-hybridized carbons (Fsp3) is 0.310. The van der Waals surface area contributed by atoms with Crippen LogP contribution in [0.4, 0.5) is 0 Å². The number of halogens is 3. The number of aromatic nitrogens is 1. The van der Waals surface area contributed by atoms with E-state index in [9.17, 15) is 9.90 Å².